The van der Waals surface area contributed by atoms with E-state index in [2.05, 4.69) is 0 Å². The molecular formula is C14H19NO. The molecule has 0 bridgehead atoms. The minimum Gasteiger partial charge on any atom is -0.342 e. The van der Waals surface area contributed by atoms with Crippen molar-refractivity contribution in [1.82, 2.24) is 4.90 Å². The molecule has 0 N–H and O–H groups in total. The summed E-state index contributed by atoms with van der Waals surface area (Å²) in [6.07, 6.45) is 3.59. The second-order valence-corrected chi connectivity index (χ2v) is 4.52. The van der Waals surface area contributed by atoms with Crippen LogP contribution in [0.25, 0.3) is 0 Å². The first-order chi connectivity index (χ1) is 7.79. The summed E-state index contributed by atoms with van der Waals surface area (Å²) in [5.41, 5.74) is 1.12. The molecule has 1 amide bonds. The number of hydrogen-bond donors (Lipinski definition) is 0. The number of nitrogens with zero attached hydrogens (tertiary/aromatic N) is 1. The summed E-state index contributed by atoms with van der Waals surface area (Å²) in [7, 11) is 0. The molecule has 0 aromatic heterocycles. The van der Waals surface area contributed by atoms with Crippen molar-refractivity contribution >= 4 is 5.91 Å². The van der Waals surface area contributed by atoms with Gasteiger partial charge in [0.05, 0.1) is 5.92 Å². The molecule has 0 saturated carbocycles. The minimum atomic E-state index is -0.000648. The van der Waals surface area contributed by atoms with Crippen molar-refractivity contribution in [3.8, 4) is 0 Å². The molecule has 1 aromatic rings. The van der Waals surface area contributed by atoms with Gasteiger partial charge in [-0.05, 0) is 31.7 Å². The first-order valence-electron chi connectivity index (χ1n) is 6.13. The number of likely N-dealkylation sites (tertiary alicyclic amines) is 1. The molecule has 1 fully saturated rings. The average molecular weight is 217 g/mol. The van der Waals surface area contributed by atoms with Crippen molar-refractivity contribution in [3.63, 3.8) is 0 Å². The Morgan fingerprint density at radius 2 is 1.75 bits per heavy atom. The molecule has 0 spiro atoms. The maximum atomic E-state index is 12.2. The Hall–Kier alpha value is -1.31. The summed E-state index contributed by atoms with van der Waals surface area (Å²) in [5, 5.41) is 0. The number of amides is 1. The summed E-state index contributed by atoms with van der Waals surface area (Å²) < 4.78 is 0. The molecule has 2 heteroatoms. The van der Waals surface area contributed by atoms with E-state index in [-0.39, 0.29) is 11.8 Å². The first kappa shape index (κ1) is 11.2. The zero-order chi connectivity index (χ0) is 11.4. The lowest BCUT2D eigenvalue weighted by atomic mass is 9.98. The van der Waals surface area contributed by atoms with Gasteiger partial charge in [0.2, 0.25) is 5.91 Å². The highest BCUT2D eigenvalue weighted by Crippen LogP contribution is 2.20. The number of piperidine rings is 1. The van der Waals surface area contributed by atoms with Crippen LogP contribution in [0.3, 0.4) is 0 Å². The van der Waals surface area contributed by atoms with Crippen LogP contribution in [0.4, 0.5) is 0 Å². The van der Waals surface area contributed by atoms with Crippen LogP contribution in [-0.2, 0) is 4.79 Å². The van der Waals surface area contributed by atoms with Crippen LogP contribution >= 0.6 is 0 Å². The van der Waals surface area contributed by atoms with E-state index in [0.717, 1.165) is 31.5 Å². The van der Waals surface area contributed by atoms with Crippen LogP contribution in [-0.4, -0.2) is 23.9 Å². The number of hydrogen-bond acceptors (Lipinski definition) is 1. The van der Waals surface area contributed by atoms with Crippen molar-refractivity contribution in [2.24, 2.45) is 0 Å². The Balaban J connectivity index is 2.04. The predicted octanol–water partition coefficient (Wildman–Crippen LogP) is 2.80. The van der Waals surface area contributed by atoms with E-state index in [1.165, 1.54) is 6.42 Å². The van der Waals surface area contributed by atoms with Gasteiger partial charge < -0.3 is 4.90 Å². The lowest BCUT2D eigenvalue weighted by molar-refractivity contribution is -0.133. The van der Waals surface area contributed by atoms with Crippen molar-refractivity contribution in [3.05, 3.63) is 35.9 Å². The molecule has 1 heterocycles. The van der Waals surface area contributed by atoms with Crippen molar-refractivity contribution in [2.45, 2.75) is 32.1 Å². The minimum absolute atomic E-state index is 0.000648. The van der Waals surface area contributed by atoms with E-state index in [4.69, 9.17) is 0 Å². The molecule has 86 valence electrons. The largest absolute Gasteiger partial charge is 0.342 e. The van der Waals surface area contributed by atoms with Gasteiger partial charge in [-0.15, -0.1) is 0 Å². The molecule has 1 atom stereocenters. The summed E-state index contributed by atoms with van der Waals surface area (Å²) in [4.78, 5) is 14.2. The highest BCUT2D eigenvalue weighted by Gasteiger charge is 2.22. The van der Waals surface area contributed by atoms with Crippen molar-refractivity contribution in [1.29, 1.82) is 0 Å². The molecular weight excluding hydrogens is 198 g/mol. The summed E-state index contributed by atoms with van der Waals surface area (Å²) in [5.74, 6) is 0.283. The Kier molecular flexibility index (Phi) is 3.60. The number of benzene rings is 1. The molecule has 2 rings (SSSR count). The third-order valence-electron chi connectivity index (χ3n) is 3.34. The summed E-state index contributed by atoms with van der Waals surface area (Å²) >= 11 is 0. The topological polar surface area (TPSA) is 20.3 Å². The van der Waals surface area contributed by atoms with Gasteiger partial charge in [0, 0.05) is 13.1 Å². The van der Waals surface area contributed by atoms with Crippen LogP contribution < -0.4 is 0 Å². The van der Waals surface area contributed by atoms with Crippen LogP contribution in [0, 0.1) is 0 Å². The molecule has 1 aliphatic heterocycles. The van der Waals surface area contributed by atoms with Gasteiger partial charge in [0.15, 0.2) is 0 Å². The number of carbonyl (C=O) groups is 1. The maximum Gasteiger partial charge on any atom is 0.229 e. The summed E-state index contributed by atoms with van der Waals surface area (Å²) in [6, 6.07) is 10.0. The van der Waals surface area contributed by atoms with Crippen LogP contribution in [0.2, 0.25) is 0 Å². The molecule has 1 aliphatic rings. The maximum absolute atomic E-state index is 12.2. The fraction of sp³-hybridized carbons (Fsp3) is 0.500. The third kappa shape index (κ3) is 2.43. The van der Waals surface area contributed by atoms with Gasteiger partial charge in [-0.3, -0.25) is 4.79 Å². The van der Waals surface area contributed by atoms with E-state index < -0.39 is 0 Å². The number of carbonyl (C=O) groups excluding carboxylic acids is 1. The van der Waals surface area contributed by atoms with E-state index in [9.17, 15) is 4.79 Å². The van der Waals surface area contributed by atoms with Gasteiger partial charge in [0.1, 0.15) is 0 Å². The Morgan fingerprint density at radius 1 is 1.12 bits per heavy atom. The summed E-state index contributed by atoms with van der Waals surface area (Å²) in [6.45, 7) is 3.89. The average Bonchev–Trinajstić information content (AvgIpc) is 2.39. The van der Waals surface area contributed by atoms with E-state index >= 15 is 0 Å². The molecule has 2 nitrogen and oxygen atoms in total. The van der Waals surface area contributed by atoms with Crippen LogP contribution in [0.15, 0.2) is 30.3 Å². The highest BCUT2D eigenvalue weighted by atomic mass is 16.2. The second-order valence-electron chi connectivity index (χ2n) is 4.52. The highest BCUT2D eigenvalue weighted by molar-refractivity contribution is 5.83. The zero-order valence-corrected chi connectivity index (χ0v) is 9.86. The molecule has 0 radical (unpaired) electrons. The normalized spacial score (nSPS) is 18.2. The first-order valence-corrected chi connectivity index (χ1v) is 6.13. The molecule has 0 aliphatic carbocycles. The second kappa shape index (κ2) is 5.15. The molecule has 0 unspecified atom stereocenters. The fourth-order valence-corrected chi connectivity index (χ4v) is 2.27. The van der Waals surface area contributed by atoms with Crippen molar-refractivity contribution in [2.75, 3.05) is 13.1 Å². The SMILES string of the molecule is C[C@H](C(=O)N1CCCCC1)c1ccccc1. The standard InChI is InChI=1S/C14H19NO/c1-12(13-8-4-2-5-9-13)14(16)15-10-6-3-7-11-15/h2,4-5,8-9,12H,3,6-7,10-11H2,1H3/t12-/m0/s1. The van der Waals surface area contributed by atoms with Gasteiger partial charge in [0.25, 0.3) is 0 Å². The van der Waals surface area contributed by atoms with Crippen LogP contribution in [0.5, 0.6) is 0 Å². The number of rotatable bonds is 2. The lowest BCUT2D eigenvalue weighted by Crippen LogP contribution is -2.38. The Bertz CT molecular complexity index is 341. The fourth-order valence-electron chi connectivity index (χ4n) is 2.27. The van der Waals surface area contributed by atoms with E-state index in [1.54, 1.807) is 0 Å². The monoisotopic (exact) mass is 217 g/mol. The van der Waals surface area contributed by atoms with Gasteiger partial charge in [-0.25, -0.2) is 0 Å². The Labute approximate surface area is 97.3 Å². The lowest BCUT2D eigenvalue weighted by Gasteiger charge is -2.29. The van der Waals surface area contributed by atoms with Crippen molar-refractivity contribution < 1.29 is 4.79 Å². The van der Waals surface area contributed by atoms with Gasteiger partial charge >= 0.3 is 0 Å². The smallest absolute Gasteiger partial charge is 0.229 e. The van der Waals surface area contributed by atoms with E-state index in [1.807, 2.05) is 42.2 Å². The molecule has 1 aromatic carbocycles. The van der Waals surface area contributed by atoms with E-state index in [0.29, 0.717) is 0 Å². The quantitative estimate of drug-likeness (QED) is 0.746. The zero-order valence-electron chi connectivity index (χ0n) is 9.86. The predicted molar refractivity (Wildman–Crippen MR) is 65.3 cm³/mol. The Morgan fingerprint density at radius 3 is 2.38 bits per heavy atom. The molecule has 16 heavy (non-hydrogen) atoms. The van der Waals surface area contributed by atoms with Gasteiger partial charge in [-0.2, -0.15) is 0 Å². The van der Waals surface area contributed by atoms with Gasteiger partial charge in [-0.1, -0.05) is 30.3 Å². The van der Waals surface area contributed by atoms with Crippen LogP contribution in [0.1, 0.15) is 37.7 Å². The molecule has 1 saturated heterocycles. The third-order valence-corrected chi connectivity index (χ3v) is 3.34.